The molecule has 3 nitrogen and oxygen atoms in total. The quantitative estimate of drug-likeness (QED) is 0.665. The molecule has 0 fully saturated rings. The highest BCUT2D eigenvalue weighted by Gasteiger charge is 2.05. The molecule has 0 bridgehead atoms. The van der Waals surface area contributed by atoms with E-state index in [1.165, 1.54) is 11.3 Å². The first-order valence-corrected chi connectivity index (χ1v) is 7.56. The molecule has 0 atom stereocenters. The number of anilines is 1. The third kappa shape index (κ3) is 3.19. The summed E-state index contributed by atoms with van der Waals surface area (Å²) in [7, 11) is 5.76. The van der Waals surface area contributed by atoms with Gasteiger partial charge >= 0.3 is 0 Å². The van der Waals surface area contributed by atoms with Gasteiger partial charge in [-0.05, 0) is 35.4 Å². The molecule has 0 N–H and O–H groups in total. The van der Waals surface area contributed by atoms with Crippen LogP contribution in [0.1, 0.15) is 11.1 Å². The highest BCUT2D eigenvalue weighted by atomic mass is 16.5. The van der Waals surface area contributed by atoms with Gasteiger partial charge in [0.05, 0.1) is 7.11 Å². The maximum atomic E-state index is 5.39. The fourth-order valence-electron chi connectivity index (χ4n) is 2.55. The van der Waals surface area contributed by atoms with Crippen molar-refractivity contribution in [3.63, 3.8) is 0 Å². The molecule has 3 rings (SSSR count). The molecule has 0 spiro atoms. The van der Waals surface area contributed by atoms with Crippen LogP contribution in [0.5, 0.6) is 5.75 Å². The first-order valence-electron chi connectivity index (χ1n) is 7.56. The summed E-state index contributed by atoms with van der Waals surface area (Å²) in [6, 6.07) is 16.5. The van der Waals surface area contributed by atoms with Crippen molar-refractivity contribution >= 4 is 28.7 Å². The monoisotopic (exact) mass is 304 g/mol. The number of pyridine rings is 1. The number of fused-ring (bicyclic) bond motifs is 1. The van der Waals surface area contributed by atoms with Crippen LogP contribution in [0.15, 0.2) is 54.7 Å². The van der Waals surface area contributed by atoms with Crippen molar-refractivity contribution in [3.05, 3.63) is 65.9 Å². The van der Waals surface area contributed by atoms with Crippen molar-refractivity contribution in [1.82, 2.24) is 4.98 Å². The summed E-state index contributed by atoms with van der Waals surface area (Å²) in [5, 5.41) is 1.09. The van der Waals surface area contributed by atoms with Crippen molar-refractivity contribution in [3.8, 4) is 5.75 Å². The fourth-order valence-corrected chi connectivity index (χ4v) is 2.55. The largest absolute Gasteiger partial charge is 0.494 e. The lowest BCUT2D eigenvalue weighted by Gasteiger charge is -2.11. The van der Waals surface area contributed by atoms with Crippen LogP contribution in [0, 0.1) is 0 Å². The molecular weight excluding hydrogens is 284 g/mol. The lowest BCUT2D eigenvalue weighted by atomic mass is 10.1. The van der Waals surface area contributed by atoms with Crippen molar-refractivity contribution in [1.29, 1.82) is 0 Å². The summed E-state index contributed by atoms with van der Waals surface area (Å²) in [5.41, 5.74) is 4.38. The number of rotatable bonds is 4. The van der Waals surface area contributed by atoms with Crippen LogP contribution in [0.3, 0.4) is 0 Å². The van der Waals surface area contributed by atoms with Gasteiger partial charge in [-0.1, -0.05) is 36.4 Å². The Labute approximate surface area is 136 Å². The minimum Gasteiger partial charge on any atom is -0.494 e. The maximum absolute atomic E-state index is 5.39. The Kier molecular flexibility index (Phi) is 4.29. The number of methoxy groups -OCH3 is 1. The van der Waals surface area contributed by atoms with Gasteiger partial charge in [-0.15, -0.1) is 0 Å². The molecule has 1 aromatic heterocycles. The molecule has 0 saturated carbocycles. The minimum atomic E-state index is 0.799. The molecule has 0 radical (unpaired) electrons. The van der Waals surface area contributed by atoms with E-state index in [0.717, 1.165) is 22.2 Å². The van der Waals surface area contributed by atoms with Gasteiger partial charge < -0.3 is 9.64 Å². The van der Waals surface area contributed by atoms with Gasteiger partial charge in [0.2, 0.25) is 0 Å². The number of hydrogen-bond acceptors (Lipinski definition) is 3. The van der Waals surface area contributed by atoms with E-state index in [4.69, 9.17) is 4.74 Å². The van der Waals surface area contributed by atoms with E-state index >= 15 is 0 Å². The summed E-state index contributed by atoms with van der Waals surface area (Å²) in [6.07, 6.45) is 6.03. The van der Waals surface area contributed by atoms with Crippen molar-refractivity contribution in [2.45, 2.75) is 0 Å². The second kappa shape index (κ2) is 6.53. The van der Waals surface area contributed by atoms with Crippen LogP contribution in [0.25, 0.3) is 23.1 Å². The molecule has 0 aliphatic heterocycles. The number of hydrogen-bond donors (Lipinski definition) is 0. The van der Waals surface area contributed by atoms with E-state index in [-0.39, 0.29) is 0 Å². The smallest absolute Gasteiger partial charge is 0.145 e. The minimum absolute atomic E-state index is 0.799. The van der Waals surface area contributed by atoms with Crippen LogP contribution in [-0.4, -0.2) is 26.2 Å². The standard InChI is InChI=1S/C20H20N2O/c1-22(2)17-11-7-15(8-12-17)6-9-16-10-13-19(23-3)20-18(16)5-4-14-21-20/h4-14H,1-3H3/b9-6+. The van der Waals surface area contributed by atoms with E-state index in [9.17, 15) is 0 Å². The van der Waals surface area contributed by atoms with E-state index in [1.807, 2.05) is 26.2 Å². The SMILES string of the molecule is COc1ccc(/C=C/c2ccc(N(C)C)cc2)c2cccnc12. The van der Waals surface area contributed by atoms with Crippen LogP contribution in [0.2, 0.25) is 0 Å². The van der Waals surface area contributed by atoms with E-state index in [2.05, 4.69) is 58.4 Å². The zero-order chi connectivity index (χ0) is 16.2. The number of nitrogens with zero attached hydrogens (tertiary/aromatic N) is 2. The van der Waals surface area contributed by atoms with Gasteiger partial charge in [-0.3, -0.25) is 4.98 Å². The summed E-state index contributed by atoms with van der Waals surface area (Å²) in [6.45, 7) is 0. The summed E-state index contributed by atoms with van der Waals surface area (Å²) < 4.78 is 5.39. The molecule has 0 aliphatic carbocycles. The molecule has 116 valence electrons. The first-order chi connectivity index (χ1) is 11.2. The average Bonchev–Trinajstić information content (AvgIpc) is 2.60. The highest BCUT2D eigenvalue weighted by Crippen LogP contribution is 2.27. The molecule has 0 unspecified atom stereocenters. The predicted octanol–water partition coefficient (Wildman–Crippen LogP) is 4.48. The molecule has 0 amide bonds. The third-order valence-electron chi connectivity index (χ3n) is 3.85. The summed E-state index contributed by atoms with van der Waals surface area (Å²) in [5.74, 6) is 0.799. The van der Waals surface area contributed by atoms with Gasteiger partial charge in [0, 0.05) is 31.4 Å². The van der Waals surface area contributed by atoms with Crippen LogP contribution < -0.4 is 9.64 Å². The Balaban J connectivity index is 1.95. The molecule has 2 aromatic carbocycles. The van der Waals surface area contributed by atoms with E-state index in [0.29, 0.717) is 0 Å². The normalized spacial score (nSPS) is 11.1. The number of aromatic nitrogens is 1. The lowest BCUT2D eigenvalue weighted by Crippen LogP contribution is -2.07. The van der Waals surface area contributed by atoms with Crippen LogP contribution in [-0.2, 0) is 0 Å². The van der Waals surface area contributed by atoms with Crippen LogP contribution in [0.4, 0.5) is 5.69 Å². The van der Waals surface area contributed by atoms with Crippen molar-refractivity contribution < 1.29 is 4.74 Å². The lowest BCUT2D eigenvalue weighted by molar-refractivity contribution is 0.419. The maximum Gasteiger partial charge on any atom is 0.145 e. The van der Waals surface area contributed by atoms with Gasteiger partial charge in [0.25, 0.3) is 0 Å². The first kappa shape index (κ1) is 15.1. The molecule has 0 aliphatic rings. The number of benzene rings is 2. The Bertz CT molecular complexity index is 836. The van der Waals surface area contributed by atoms with E-state index < -0.39 is 0 Å². The van der Waals surface area contributed by atoms with Crippen LogP contribution >= 0.6 is 0 Å². The van der Waals surface area contributed by atoms with Gasteiger partial charge in [-0.25, -0.2) is 0 Å². The summed E-state index contributed by atoms with van der Waals surface area (Å²) in [4.78, 5) is 6.53. The third-order valence-corrected chi connectivity index (χ3v) is 3.85. The summed E-state index contributed by atoms with van der Waals surface area (Å²) >= 11 is 0. The Morgan fingerprint density at radius 2 is 1.74 bits per heavy atom. The molecule has 0 saturated heterocycles. The number of ether oxygens (including phenoxy) is 1. The molecule has 3 heteroatoms. The van der Waals surface area contributed by atoms with Crippen molar-refractivity contribution in [2.24, 2.45) is 0 Å². The van der Waals surface area contributed by atoms with Gasteiger partial charge in [0.15, 0.2) is 0 Å². The zero-order valence-electron chi connectivity index (χ0n) is 13.7. The second-order valence-corrected chi connectivity index (χ2v) is 5.58. The molecular formula is C20H20N2O. The molecule has 3 aromatic rings. The predicted molar refractivity (Wildman–Crippen MR) is 98.0 cm³/mol. The molecule has 1 heterocycles. The van der Waals surface area contributed by atoms with Gasteiger partial charge in [0.1, 0.15) is 11.3 Å². The topological polar surface area (TPSA) is 25.4 Å². The highest BCUT2D eigenvalue weighted by molar-refractivity contribution is 5.94. The van der Waals surface area contributed by atoms with Gasteiger partial charge in [-0.2, -0.15) is 0 Å². The second-order valence-electron chi connectivity index (χ2n) is 5.58. The zero-order valence-corrected chi connectivity index (χ0v) is 13.7. The van der Waals surface area contributed by atoms with Crippen molar-refractivity contribution in [2.75, 3.05) is 26.1 Å². The fraction of sp³-hybridized carbons (Fsp3) is 0.150. The average molecular weight is 304 g/mol. The molecule has 23 heavy (non-hydrogen) atoms. The Morgan fingerprint density at radius 3 is 2.43 bits per heavy atom. The Morgan fingerprint density at radius 1 is 0.957 bits per heavy atom. The van der Waals surface area contributed by atoms with E-state index in [1.54, 1.807) is 13.3 Å². The Hall–Kier alpha value is -2.81.